The minimum Gasteiger partial charge on any atom is -0.492 e. The lowest BCUT2D eigenvalue weighted by Crippen LogP contribution is -2.40. The first-order valence-corrected chi connectivity index (χ1v) is 11.0. The van der Waals surface area contributed by atoms with Crippen molar-refractivity contribution in [3.8, 4) is 5.75 Å². The zero-order chi connectivity index (χ0) is 22.6. The highest BCUT2D eigenvalue weighted by Gasteiger charge is 2.29. The van der Waals surface area contributed by atoms with Crippen LogP contribution in [-0.2, 0) is 6.54 Å². The Morgan fingerprint density at radius 1 is 1.03 bits per heavy atom. The van der Waals surface area contributed by atoms with Crippen molar-refractivity contribution >= 4 is 11.6 Å². The van der Waals surface area contributed by atoms with E-state index in [4.69, 9.17) is 4.74 Å². The summed E-state index contributed by atoms with van der Waals surface area (Å²) in [5, 5.41) is 12.9. The van der Waals surface area contributed by atoms with Gasteiger partial charge in [-0.15, -0.1) is 10.2 Å². The normalized spacial score (nSPS) is 16.1. The molecule has 0 bridgehead atoms. The molecule has 0 unspecified atom stereocenters. The molecule has 3 aromatic heterocycles. The maximum atomic E-state index is 13.2. The number of piperidine rings is 1. The van der Waals surface area contributed by atoms with E-state index in [2.05, 4.69) is 15.3 Å². The van der Waals surface area contributed by atoms with E-state index < -0.39 is 0 Å². The molecule has 0 saturated carbocycles. The van der Waals surface area contributed by atoms with Crippen LogP contribution in [0.25, 0.3) is 5.65 Å². The molecule has 0 aliphatic carbocycles. The first-order chi connectivity index (χ1) is 16.2. The molecule has 1 aromatic carbocycles. The Morgan fingerprint density at radius 3 is 2.76 bits per heavy atom. The minimum absolute atomic E-state index is 0.0882. The number of hydrogen-bond acceptors (Lipinski definition) is 6. The summed E-state index contributed by atoms with van der Waals surface area (Å²) in [4.78, 5) is 27.2. The van der Waals surface area contributed by atoms with E-state index in [1.165, 1.54) is 16.8 Å². The maximum absolute atomic E-state index is 13.2. The number of rotatable bonds is 6. The third kappa shape index (κ3) is 4.48. The quantitative estimate of drug-likeness (QED) is 0.453. The number of amides is 1. The molecule has 168 valence electrons. The van der Waals surface area contributed by atoms with Gasteiger partial charge in [0.1, 0.15) is 23.9 Å². The number of pyridine rings is 1. The van der Waals surface area contributed by atoms with E-state index in [0.29, 0.717) is 13.1 Å². The number of carbonyl (C=O) groups is 1. The molecule has 1 aliphatic rings. The SMILES string of the molecule is O=C(c1ccc(=O)n(CCOc2ccccc2)n1)N1CCC[C@@H](c2nnc3ccccn23)C1. The van der Waals surface area contributed by atoms with Crippen LogP contribution >= 0.6 is 0 Å². The Kier molecular flexibility index (Phi) is 5.84. The second-order valence-corrected chi connectivity index (χ2v) is 8.02. The standard InChI is InChI=1S/C24H24N6O3/c31-22-12-11-20(27-30(22)15-16-33-19-8-2-1-3-9-19)24(32)28-13-6-7-18(17-28)23-26-25-21-10-4-5-14-29(21)23/h1-5,8-12,14,18H,6-7,13,15-17H2/t18-/m1/s1. The second-order valence-electron chi connectivity index (χ2n) is 8.02. The molecule has 0 N–H and O–H groups in total. The minimum atomic E-state index is -0.269. The number of carbonyl (C=O) groups excluding carboxylic acids is 1. The molecule has 5 rings (SSSR count). The fourth-order valence-electron chi connectivity index (χ4n) is 4.16. The molecular weight excluding hydrogens is 420 g/mol. The van der Waals surface area contributed by atoms with Gasteiger partial charge in [0, 0.05) is 31.3 Å². The Morgan fingerprint density at radius 2 is 1.88 bits per heavy atom. The Labute approximate surface area is 190 Å². The Hall–Kier alpha value is -4.01. The van der Waals surface area contributed by atoms with Crippen LogP contribution in [-0.4, -0.2) is 54.9 Å². The molecule has 1 saturated heterocycles. The van der Waals surface area contributed by atoms with Crippen LogP contribution in [0.5, 0.6) is 5.75 Å². The first-order valence-electron chi connectivity index (χ1n) is 11.0. The zero-order valence-corrected chi connectivity index (χ0v) is 18.1. The lowest BCUT2D eigenvalue weighted by atomic mass is 9.97. The zero-order valence-electron chi connectivity index (χ0n) is 18.1. The van der Waals surface area contributed by atoms with Crippen molar-refractivity contribution in [1.82, 2.24) is 29.3 Å². The van der Waals surface area contributed by atoms with Crippen molar-refractivity contribution in [2.75, 3.05) is 19.7 Å². The van der Waals surface area contributed by atoms with Crippen molar-refractivity contribution in [2.24, 2.45) is 0 Å². The fourth-order valence-corrected chi connectivity index (χ4v) is 4.16. The first kappa shape index (κ1) is 20.9. The van der Waals surface area contributed by atoms with E-state index in [9.17, 15) is 9.59 Å². The van der Waals surface area contributed by atoms with Crippen molar-refractivity contribution < 1.29 is 9.53 Å². The van der Waals surface area contributed by atoms with E-state index in [-0.39, 0.29) is 36.2 Å². The highest BCUT2D eigenvalue weighted by Crippen LogP contribution is 2.26. The predicted octanol–water partition coefficient (Wildman–Crippen LogP) is 2.38. The van der Waals surface area contributed by atoms with Gasteiger partial charge in [0.25, 0.3) is 11.5 Å². The van der Waals surface area contributed by atoms with Gasteiger partial charge in [0.05, 0.1) is 6.54 Å². The summed E-state index contributed by atoms with van der Waals surface area (Å²) in [5.41, 5.74) is 0.776. The number of hydrogen-bond donors (Lipinski definition) is 0. The molecule has 4 aromatic rings. The smallest absolute Gasteiger partial charge is 0.274 e. The molecule has 9 nitrogen and oxygen atoms in total. The third-order valence-corrected chi connectivity index (χ3v) is 5.81. The average Bonchev–Trinajstić information content (AvgIpc) is 3.30. The van der Waals surface area contributed by atoms with Crippen molar-refractivity contribution in [2.45, 2.75) is 25.3 Å². The summed E-state index contributed by atoms with van der Waals surface area (Å²) >= 11 is 0. The second kappa shape index (κ2) is 9.23. The van der Waals surface area contributed by atoms with Crippen LogP contribution in [0.1, 0.15) is 35.1 Å². The van der Waals surface area contributed by atoms with Crippen LogP contribution in [0, 0.1) is 0 Å². The van der Waals surface area contributed by atoms with Gasteiger partial charge in [-0.2, -0.15) is 5.10 Å². The van der Waals surface area contributed by atoms with E-state index in [1.807, 2.05) is 59.1 Å². The summed E-state index contributed by atoms with van der Waals surface area (Å²) in [7, 11) is 0. The number of likely N-dealkylation sites (tertiary alicyclic amines) is 1. The number of benzene rings is 1. The van der Waals surface area contributed by atoms with E-state index in [1.54, 1.807) is 4.90 Å². The number of ether oxygens (including phenoxy) is 1. The lowest BCUT2D eigenvalue weighted by Gasteiger charge is -2.31. The summed E-state index contributed by atoms with van der Waals surface area (Å²) in [6.45, 7) is 1.71. The fraction of sp³-hybridized carbons (Fsp3) is 0.292. The van der Waals surface area contributed by atoms with E-state index >= 15 is 0 Å². The molecule has 1 atom stereocenters. The van der Waals surface area contributed by atoms with Gasteiger partial charge in [-0.05, 0) is 43.2 Å². The Bertz CT molecular complexity index is 1320. The van der Waals surface area contributed by atoms with Gasteiger partial charge >= 0.3 is 0 Å². The average molecular weight is 444 g/mol. The summed E-state index contributed by atoms with van der Waals surface area (Å²) in [5.74, 6) is 1.48. The number of para-hydroxylation sites is 1. The summed E-state index contributed by atoms with van der Waals surface area (Å²) in [6, 6.07) is 18.0. The van der Waals surface area contributed by atoms with Gasteiger partial charge in [0.15, 0.2) is 5.65 Å². The summed E-state index contributed by atoms with van der Waals surface area (Å²) < 4.78 is 8.92. The molecule has 1 aliphatic heterocycles. The van der Waals surface area contributed by atoms with Crippen molar-refractivity contribution in [3.05, 3.63) is 88.7 Å². The van der Waals surface area contributed by atoms with Crippen LogP contribution in [0.4, 0.5) is 0 Å². The largest absolute Gasteiger partial charge is 0.492 e. The highest BCUT2D eigenvalue weighted by molar-refractivity contribution is 5.92. The van der Waals surface area contributed by atoms with Crippen LogP contribution in [0.2, 0.25) is 0 Å². The molecule has 0 spiro atoms. The molecule has 1 fully saturated rings. The number of fused-ring (bicyclic) bond motifs is 1. The van der Waals surface area contributed by atoms with Gasteiger partial charge in [-0.25, -0.2) is 4.68 Å². The van der Waals surface area contributed by atoms with Crippen LogP contribution in [0.15, 0.2) is 71.7 Å². The molecular formula is C24H24N6O3. The number of aromatic nitrogens is 5. The van der Waals surface area contributed by atoms with Crippen LogP contribution in [0.3, 0.4) is 0 Å². The topological polar surface area (TPSA) is 94.6 Å². The van der Waals surface area contributed by atoms with Crippen molar-refractivity contribution in [1.29, 1.82) is 0 Å². The van der Waals surface area contributed by atoms with Gasteiger partial charge in [-0.3, -0.25) is 14.0 Å². The molecule has 33 heavy (non-hydrogen) atoms. The van der Waals surface area contributed by atoms with Gasteiger partial charge < -0.3 is 9.64 Å². The van der Waals surface area contributed by atoms with Crippen molar-refractivity contribution in [3.63, 3.8) is 0 Å². The monoisotopic (exact) mass is 444 g/mol. The number of nitrogens with zero attached hydrogens (tertiary/aromatic N) is 6. The third-order valence-electron chi connectivity index (χ3n) is 5.81. The molecule has 0 radical (unpaired) electrons. The molecule has 1 amide bonds. The van der Waals surface area contributed by atoms with Crippen LogP contribution < -0.4 is 10.3 Å². The Balaban J connectivity index is 1.28. The predicted molar refractivity (Wildman–Crippen MR) is 121 cm³/mol. The van der Waals surface area contributed by atoms with E-state index in [0.717, 1.165) is 30.1 Å². The maximum Gasteiger partial charge on any atom is 0.274 e. The summed E-state index contributed by atoms with van der Waals surface area (Å²) in [6.07, 6.45) is 3.74. The van der Waals surface area contributed by atoms with Gasteiger partial charge in [-0.1, -0.05) is 24.3 Å². The lowest BCUT2D eigenvalue weighted by molar-refractivity contribution is 0.0694. The molecule has 9 heteroatoms. The highest BCUT2D eigenvalue weighted by atomic mass is 16.5. The van der Waals surface area contributed by atoms with Gasteiger partial charge in [0.2, 0.25) is 0 Å². The molecule has 4 heterocycles.